The van der Waals surface area contributed by atoms with Gasteiger partial charge in [0, 0.05) is 19.1 Å². The lowest BCUT2D eigenvalue weighted by molar-refractivity contribution is -0.127. The third-order valence-electron chi connectivity index (χ3n) is 4.85. The molecule has 2 rings (SSSR count). The molecule has 0 aromatic carbocycles. The SMILES string of the molecule is CSCCCNC(=O)[C@H]1CCCN(C2CCN(C)CC2)C1. The molecule has 1 atom stereocenters. The predicted octanol–water partition coefficient (Wildman–Crippen LogP) is 1.66. The van der Waals surface area contributed by atoms with Gasteiger partial charge in [-0.2, -0.15) is 11.8 Å². The van der Waals surface area contributed by atoms with Crippen LogP contribution in [0.25, 0.3) is 0 Å². The van der Waals surface area contributed by atoms with E-state index in [0.29, 0.717) is 6.04 Å². The number of likely N-dealkylation sites (tertiary alicyclic amines) is 2. The van der Waals surface area contributed by atoms with Gasteiger partial charge in [0.25, 0.3) is 0 Å². The molecule has 0 aliphatic carbocycles. The molecule has 21 heavy (non-hydrogen) atoms. The fourth-order valence-corrected chi connectivity index (χ4v) is 3.92. The fraction of sp³-hybridized carbons (Fsp3) is 0.938. The Morgan fingerprint density at radius 2 is 2.00 bits per heavy atom. The summed E-state index contributed by atoms with van der Waals surface area (Å²) >= 11 is 1.84. The Morgan fingerprint density at radius 1 is 1.24 bits per heavy atom. The van der Waals surface area contributed by atoms with Crippen LogP contribution >= 0.6 is 11.8 Å². The number of hydrogen-bond donors (Lipinski definition) is 1. The standard InChI is InChI=1S/C16H31N3OS/c1-18-10-6-15(7-11-18)19-9-3-5-14(13-19)16(20)17-8-4-12-21-2/h14-15H,3-13H2,1-2H3,(H,17,20)/t14-/m0/s1. The highest BCUT2D eigenvalue weighted by Gasteiger charge is 2.30. The van der Waals surface area contributed by atoms with Crippen LogP contribution in [-0.4, -0.2) is 73.5 Å². The summed E-state index contributed by atoms with van der Waals surface area (Å²) < 4.78 is 0. The quantitative estimate of drug-likeness (QED) is 0.757. The van der Waals surface area contributed by atoms with E-state index in [1.807, 2.05) is 11.8 Å². The minimum absolute atomic E-state index is 0.215. The molecule has 2 aliphatic heterocycles. The molecular weight excluding hydrogens is 282 g/mol. The van der Waals surface area contributed by atoms with Crippen molar-refractivity contribution in [2.75, 3.05) is 51.8 Å². The summed E-state index contributed by atoms with van der Waals surface area (Å²) in [6.07, 6.45) is 7.96. The molecule has 0 radical (unpaired) electrons. The molecule has 0 aromatic rings. The molecule has 0 spiro atoms. The average molecular weight is 314 g/mol. The van der Waals surface area contributed by atoms with Crippen LogP contribution in [0.3, 0.4) is 0 Å². The van der Waals surface area contributed by atoms with Gasteiger partial charge in [0.15, 0.2) is 0 Å². The van der Waals surface area contributed by atoms with Gasteiger partial charge in [-0.25, -0.2) is 0 Å². The molecule has 2 fully saturated rings. The van der Waals surface area contributed by atoms with Gasteiger partial charge < -0.3 is 10.2 Å². The van der Waals surface area contributed by atoms with Crippen molar-refractivity contribution >= 4 is 17.7 Å². The lowest BCUT2D eigenvalue weighted by Gasteiger charge is -2.41. The normalized spacial score (nSPS) is 25.9. The molecular formula is C16H31N3OS. The number of nitrogens with zero attached hydrogens (tertiary/aromatic N) is 2. The second-order valence-electron chi connectivity index (χ2n) is 6.51. The maximum Gasteiger partial charge on any atom is 0.224 e. The van der Waals surface area contributed by atoms with Crippen molar-refractivity contribution in [1.82, 2.24) is 15.1 Å². The first kappa shape index (κ1) is 17.1. The van der Waals surface area contributed by atoms with E-state index < -0.39 is 0 Å². The molecule has 0 saturated carbocycles. The molecule has 0 bridgehead atoms. The molecule has 2 saturated heterocycles. The van der Waals surface area contributed by atoms with Gasteiger partial charge in [0.05, 0.1) is 5.92 Å². The van der Waals surface area contributed by atoms with Crippen LogP contribution in [-0.2, 0) is 4.79 Å². The Labute approximate surface area is 134 Å². The van der Waals surface area contributed by atoms with E-state index in [0.717, 1.165) is 31.7 Å². The maximum absolute atomic E-state index is 12.3. The van der Waals surface area contributed by atoms with E-state index in [1.165, 1.54) is 38.9 Å². The van der Waals surface area contributed by atoms with Crippen molar-refractivity contribution in [3.05, 3.63) is 0 Å². The van der Waals surface area contributed by atoms with Gasteiger partial charge in [-0.15, -0.1) is 0 Å². The van der Waals surface area contributed by atoms with Gasteiger partial charge >= 0.3 is 0 Å². The number of nitrogens with one attached hydrogen (secondary N) is 1. The Balaban J connectivity index is 1.73. The number of carbonyl (C=O) groups excluding carboxylic acids is 1. The molecule has 0 aromatic heterocycles. The largest absolute Gasteiger partial charge is 0.356 e. The smallest absolute Gasteiger partial charge is 0.224 e. The minimum Gasteiger partial charge on any atom is -0.356 e. The van der Waals surface area contributed by atoms with Crippen LogP contribution in [0.15, 0.2) is 0 Å². The molecule has 122 valence electrons. The van der Waals surface area contributed by atoms with Crippen molar-refractivity contribution < 1.29 is 4.79 Å². The first-order valence-corrected chi connectivity index (χ1v) is 9.79. The van der Waals surface area contributed by atoms with E-state index in [-0.39, 0.29) is 11.8 Å². The Morgan fingerprint density at radius 3 is 2.71 bits per heavy atom. The Bertz CT molecular complexity index is 319. The second-order valence-corrected chi connectivity index (χ2v) is 7.49. The van der Waals surface area contributed by atoms with Gasteiger partial charge in [0.2, 0.25) is 5.91 Å². The van der Waals surface area contributed by atoms with Crippen LogP contribution < -0.4 is 5.32 Å². The average Bonchev–Trinajstić information content (AvgIpc) is 2.52. The minimum atomic E-state index is 0.215. The summed E-state index contributed by atoms with van der Waals surface area (Å²) in [4.78, 5) is 17.3. The monoisotopic (exact) mass is 313 g/mol. The van der Waals surface area contributed by atoms with Crippen LogP contribution in [0.4, 0.5) is 0 Å². The topological polar surface area (TPSA) is 35.6 Å². The van der Waals surface area contributed by atoms with E-state index in [2.05, 4.69) is 28.4 Å². The van der Waals surface area contributed by atoms with Crippen LogP contribution in [0.1, 0.15) is 32.1 Å². The van der Waals surface area contributed by atoms with Crippen molar-refractivity contribution in [2.24, 2.45) is 5.92 Å². The molecule has 0 unspecified atom stereocenters. The van der Waals surface area contributed by atoms with Crippen molar-refractivity contribution in [3.63, 3.8) is 0 Å². The number of amides is 1. The third-order valence-corrected chi connectivity index (χ3v) is 5.55. The highest BCUT2D eigenvalue weighted by molar-refractivity contribution is 7.98. The van der Waals surface area contributed by atoms with Gasteiger partial charge in [-0.1, -0.05) is 0 Å². The number of piperidine rings is 2. The summed E-state index contributed by atoms with van der Waals surface area (Å²) in [7, 11) is 2.21. The molecule has 1 N–H and O–H groups in total. The predicted molar refractivity (Wildman–Crippen MR) is 90.8 cm³/mol. The van der Waals surface area contributed by atoms with Gasteiger partial charge in [-0.05, 0) is 70.8 Å². The molecule has 4 nitrogen and oxygen atoms in total. The van der Waals surface area contributed by atoms with Crippen LogP contribution in [0.5, 0.6) is 0 Å². The summed E-state index contributed by atoms with van der Waals surface area (Å²) in [6, 6.07) is 0.702. The van der Waals surface area contributed by atoms with E-state index >= 15 is 0 Å². The molecule has 1 amide bonds. The van der Waals surface area contributed by atoms with E-state index in [9.17, 15) is 4.79 Å². The zero-order valence-electron chi connectivity index (χ0n) is 13.6. The Hall–Kier alpha value is -0.260. The van der Waals surface area contributed by atoms with Crippen LogP contribution in [0.2, 0.25) is 0 Å². The summed E-state index contributed by atoms with van der Waals surface area (Å²) in [5.41, 5.74) is 0. The Kier molecular flexibility index (Phi) is 7.34. The zero-order chi connectivity index (χ0) is 15.1. The molecule has 2 heterocycles. The number of thioether (sulfide) groups is 1. The summed E-state index contributed by atoms with van der Waals surface area (Å²) in [6.45, 7) is 5.40. The van der Waals surface area contributed by atoms with E-state index in [4.69, 9.17) is 0 Å². The van der Waals surface area contributed by atoms with Crippen LogP contribution in [0, 0.1) is 5.92 Å². The summed E-state index contributed by atoms with van der Waals surface area (Å²) in [5, 5.41) is 3.13. The van der Waals surface area contributed by atoms with Gasteiger partial charge in [0.1, 0.15) is 0 Å². The lowest BCUT2D eigenvalue weighted by Crippen LogP contribution is -2.50. The first-order valence-electron chi connectivity index (χ1n) is 8.40. The first-order chi connectivity index (χ1) is 10.2. The fourth-order valence-electron chi connectivity index (χ4n) is 3.48. The third kappa shape index (κ3) is 5.46. The number of rotatable bonds is 6. The summed E-state index contributed by atoms with van der Waals surface area (Å²) in [5.74, 6) is 1.63. The maximum atomic E-state index is 12.3. The van der Waals surface area contributed by atoms with E-state index in [1.54, 1.807) is 0 Å². The second kappa shape index (κ2) is 9.01. The number of carbonyl (C=O) groups is 1. The number of hydrogen-bond acceptors (Lipinski definition) is 4. The molecule has 2 aliphatic rings. The lowest BCUT2D eigenvalue weighted by atomic mass is 9.93. The zero-order valence-corrected chi connectivity index (χ0v) is 14.5. The highest BCUT2D eigenvalue weighted by atomic mass is 32.2. The highest BCUT2D eigenvalue weighted by Crippen LogP contribution is 2.23. The van der Waals surface area contributed by atoms with Crippen molar-refractivity contribution in [1.29, 1.82) is 0 Å². The molecule has 5 heteroatoms. The van der Waals surface area contributed by atoms with Crippen molar-refractivity contribution in [3.8, 4) is 0 Å². The van der Waals surface area contributed by atoms with Crippen molar-refractivity contribution in [2.45, 2.75) is 38.1 Å². The van der Waals surface area contributed by atoms with Gasteiger partial charge in [-0.3, -0.25) is 9.69 Å².